The van der Waals surface area contributed by atoms with Crippen LogP contribution in [0.4, 0.5) is 0 Å². The number of benzene rings is 1. The van der Waals surface area contributed by atoms with E-state index >= 15 is 0 Å². The highest BCUT2D eigenvalue weighted by atomic mass is 16.3. The summed E-state index contributed by atoms with van der Waals surface area (Å²) in [5.74, 6) is 0.179. The number of rotatable bonds is 1. The number of aromatic hydroxyl groups is 1. The fourth-order valence-electron chi connectivity index (χ4n) is 1.90. The van der Waals surface area contributed by atoms with Crippen LogP contribution < -0.4 is 0 Å². The van der Waals surface area contributed by atoms with Gasteiger partial charge in [-0.2, -0.15) is 5.26 Å². The normalized spacial score (nSPS) is 10.4. The third kappa shape index (κ3) is 1.59. The van der Waals surface area contributed by atoms with Crippen molar-refractivity contribution >= 4 is 5.65 Å². The summed E-state index contributed by atoms with van der Waals surface area (Å²) in [5, 5.41) is 18.7. The Bertz CT molecular complexity index is 751. The molecule has 1 aromatic carbocycles. The number of nitrogens with zero attached hydrogens (tertiary/aromatic N) is 3. The second-order valence-corrected chi connectivity index (χ2v) is 3.95. The molecule has 0 saturated heterocycles. The molecule has 0 aliphatic rings. The van der Waals surface area contributed by atoms with Crippen LogP contribution in [0.15, 0.2) is 48.9 Å². The Kier molecular flexibility index (Phi) is 2.24. The molecule has 0 unspecified atom stereocenters. The molecule has 0 fully saturated rings. The first-order valence-electron chi connectivity index (χ1n) is 5.44. The fourth-order valence-corrected chi connectivity index (χ4v) is 1.90. The van der Waals surface area contributed by atoms with Gasteiger partial charge in [0.25, 0.3) is 0 Å². The molecule has 0 radical (unpaired) electrons. The lowest BCUT2D eigenvalue weighted by molar-refractivity contribution is 0.477. The van der Waals surface area contributed by atoms with Crippen molar-refractivity contribution in [1.29, 1.82) is 5.26 Å². The maximum atomic E-state index is 9.99. The van der Waals surface area contributed by atoms with Crippen LogP contribution >= 0.6 is 0 Å². The van der Waals surface area contributed by atoms with E-state index in [1.807, 2.05) is 28.9 Å². The molecular formula is C14H9N3O. The monoisotopic (exact) mass is 235 g/mol. The first-order chi connectivity index (χ1) is 8.78. The molecule has 86 valence electrons. The molecule has 4 heteroatoms. The molecule has 2 heterocycles. The Balaban J connectivity index is 2.17. The summed E-state index contributed by atoms with van der Waals surface area (Å²) in [7, 11) is 0. The van der Waals surface area contributed by atoms with Gasteiger partial charge in [-0.15, -0.1) is 0 Å². The summed E-state index contributed by atoms with van der Waals surface area (Å²) < 4.78 is 1.84. The zero-order valence-corrected chi connectivity index (χ0v) is 9.41. The molecule has 0 spiro atoms. The van der Waals surface area contributed by atoms with Gasteiger partial charge in [0.15, 0.2) is 0 Å². The SMILES string of the molecule is N#Cc1ccc(-c2cn3ccnc3cc2O)cc1. The molecule has 1 N–H and O–H groups in total. The van der Waals surface area contributed by atoms with Crippen LogP contribution in [0.2, 0.25) is 0 Å². The highest BCUT2D eigenvalue weighted by Crippen LogP contribution is 2.29. The quantitative estimate of drug-likeness (QED) is 0.705. The maximum Gasteiger partial charge on any atom is 0.140 e. The van der Waals surface area contributed by atoms with E-state index in [0.717, 1.165) is 5.56 Å². The molecule has 0 aliphatic carbocycles. The summed E-state index contributed by atoms with van der Waals surface area (Å²) in [6, 6.07) is 10.8. The van der Waals surface area contributed by atoms with E-state index in [4.69, 9.17) is 5.26 Å². The summed E-state index contributed by atoms with van der Waals surface area (Å²) in [6.07, 6.45) is 5.32. The summed E-state index contributed by atoms with van der Waals surface area (Å²) in [6.45, 7) is 0. The van der Waals surface area contributed by atoms with E-state index in [1.54, 1.807) is 24.4 Å². The van der Waals surface area contributed by atoms with Crippen molar-refractivity contribution in [3.05, 3.63) is 54.5 Å². The van der Waals surface area contributed by atoms with Gasteiger partial charge in [0.1, 0.15) is 11.4 Å². The average Bonchev–Trinajstić information content (AvgIpc) is 2.85. The minimum atomic E-state index is 0.179. The van der Waals surface area contributed by atoms with Gasteiger partial charge in [-0.25, -0.2) is 4.98 Å². The summed E-state index contributed by atoms with van der Waals surface area (Å²) in [4.78, 5) is 4.10. The minimum absolute atomic E-state index is 0.179. The van der Waals surface area contributed by atoms with E-state index in [-0.39, 0.29) is 5.75 Å². The maximum absolute atomic E-state index is 9.99. The molecule has 0 atom stereocenters. The Morgan fingerprint density at radius 3 is 2.72 bits per heavy atom. The predicted octanol–water partition coefficient (Wildman–Crippen LogP) is 2.58. The number of aromatic nitrogens is 2. The largest absolute Gasteiger partial charge is 0.507 e. The molecule has 2 aromatic heterocycles. The lowest BCUT2D eigenvalue weighted by Crippen LogP contribution is -1.87. The lowest BCUT2D eigenvalue weighted by atomic mass is 10.1. The van der Waals surface area contributed by atoms with Gasteiger partial charge >= 0.3 is 0 Å². The molecule has 4 nitrogen and oxygen atoms in total. The van der Waals surface area contributed by atoms with Gasteiger partial charge in [-0.3, -0.25) is 0 Å². The summed E-state index contributed by atoms with van der Waals surface area (Å²) in [5.41, 5.74) is 2.87. The number of fused-ring (bicyclic) bond motifs is 1. The van der Waals surface area contributed by atoms with Crippen molar-refractivity contribution < 1.29 is 5.11 Å². The fraction of sp³-hybridized carbons (Fsp3) is 0. The Morgan fingerprint density at radius 2 is 2.00 bits per heavy atom. The minimum Gasteiger partial charge on any atom is -0.507 e. The van der Waals surface area contributed by atoms with Crippen molar-refractivity contribution in [2.75, 3.05) is 0 Å². The topological polar surface area (TPSA) is 61.3 Å². The third-order valence-corrected chi connectivity index (χ3v) is 2.83. The van der Waals surface area contributed by atoms with Crippen LogP contribution in [0.3, 0.4) is 0 Å². The van der Waals surface area contributed by atoms with Gasteiger partial charge in [0, 0.05) is 30.2 Å². The highest BCUT2D eigenvalue weighted by molar-refractivity contribution is 5.72. The number of hydrogen-bond acceptors (Lipinski definition) is 3. The smallest absolute Gasteiger partial charge is 0.140 e. The van der Waals surface area contributed by atoms with E-state index in [2.05, 4.69) is 11.1 Å². The second kappa shape index (κ2) is 3.90. The van der Waals surface area contributed by atoms with E-state index in [0.29, 0.717) is 16.8 Å². The molecule has 0 aliphatic heterocycles. The van der Waals surface area contributed by atoms with Gasteiger partial charge in [0.05, 0.1) is 11.6 Å². The average molecular weight is 235 g/mol. The lowest BCUT2D eigenvalue weighted by Gasteiger charge is -2.06. The van der Waals surface area contributed by atoms with Crippen LogP contribution in [-0.4, -0.2) is 14.5 Å². The first kappa shape index (κ1) is 10.4. The van der Waals surface area contributed by atoms with E-state index in [9.17, 15) is 5.11 Å². The van der Waals surface area contributed by atoms with Crippen LogP contribution in [0.5, 0.6) is 5.75 Å². The van der Waals surface area contributed by atoms with Crippen LogP contribution in [0.1, 0.15) is 5.56 Å². The van der Waals surface area contributed by atoms with Crippen molar-refractivity contribution in [3.8, 4) is 22.9 Å². The standard InChI is InChI=1S/C14H9N3O/c15-8-10-1-3-11(4-2-10)12-9-17-6-5-16-14(17)7-13(12)18/h1-7,9,18H. The number of nitriles is 1. The number of imidazole rings is 1. The second-order valence-electron chi connectivity index (χ2n) is 3.95. The third-order valence-electron chi connectivity index (χ3n) is 2.83. The molecule has 0 saturated carbocycles. The number of hydrogen-bond donors (Lipinski definition) is 1. The van der Waals surface area contributed by atoms with Gasteiger partial charge in [-0.05, 0) is 17.7 Å². The molecule has 3 aromatic rings. The van der Waals surface area contributed by atoms with E-state index in [1.165, 1.54) is 0 Å². The first-order valence-corrected chi connectivity index (χ1v) is 5.44. The highest BCUT2D eigenvalue weighted by Gasteiger charge is 2.07. The zero-order valence-electron chi connectivity index (χ0n) is 9.41. The van der Waals surface area contributed by atoms with E-state index < -0.39 is 0 Å². The molecule has 18 heavy (non-hydrogen) atoms. The molecule has 0 bridgehead atoms. The van der Waals surface area contributed by atoms with Crippen molar-refractivity contribution in [2.45, 2.75) is 0 Å². The molecular weight excluding hydrogens is 226 g/mol. The zero-order chi connectivity index (χ0) is 12.5. The van der Waals surface area contributed by atoms with Crippen LogP contribution in [-0.2, 0) is 0 Å². The Morgan fingerprint density at radius 1 is 1.22 bits per heavy atom. The predicted molar refractivity (Wildman–Crippen MR) is 67.0 cm³/mol. The van der Waals surface area contributed by atoms with Gasteiger partial charge in [-0.1, -0.05) is 12.1 Å². The Labute approximate surface area is 103 Å². The van der Waals surface area contributed by atoms with Gasteiger partial charge < -0.3 is 9.51 Å². The van der Waals surface area contributed by atoms with Crippen LogP contribution in [0, 0.1) is 11.3 Å². The number of pyridine rings is 1. The molecule has 3 rings (SSSR count). The Hall–Kier alpha value is -2.80. The molecule has 0 amide bonds. The van der Waals surface area contributed by atoms with Crippen molar-refractivity contribution in [1.82, 2.24) is 9.38 Å². The van der Waals surface area contributed by atoms with Crippen LogP contribution in [0.25, 0.3) is 16.8 Å². The van der Waals surface area contributed by atoms with Crippen molar-refractivity contribution in [2.24, 2.45) is 0 Å². The van der Waals surface area contributed by atoms with Gasteiger partial charge in [0.2, 0.25) is 0 Å². The van der Waals surface area contributed by atoms with Crippen molar-refractivity contribution in [3.63, 3.8) is 0 Å². The summed E-state index contributed by atoms with van der Waals surface area (Å²) >= 11 is 0.